The van der Waals surface area contributed by atoms with Gasteiger partial charge in [-0.1, -0.05) is 30.3 Å². The highest BCUT2D eigenvalue weighted by Crippen LogP contribution is 2.39. The lowest BCUT2D eigenvalue weighted by Crippen LogP contribution is -1.98. The van der Waals surface area contributed by atoms with E-state index in [1.54, 1.807) is 4.52 Å². The van der Waals surface area contributed by atoms with Crippen LogP contribution >= 0.6 is 11.8 Å². The molecule has 0 aliphatic heterocycles. The zero-order valence-corrected chi connectivity index (χ0v) is 13.4. The Labute approximate surface area is 141 Å². The summed E-state index contributed by atoms with van der Waals surface area (Å²) in [5.41, 5.74) is 1.90. The molecule has 0 amide bonds. The number of hydrogen-bond donors (Lipinski definition) is 1. The van der Waals surface area contributed by atoms with Gasteiger partial charge in [0.2, 0.25) is 5.16 Å². The molecule has 0 atom stereocenters. The van der Waals surface area contributed by atoms with Crippen molar-refractivity contribution in [3.05, 3.63) is 48.5 Å². The predicted molar refractivity (Wildman–Crippen MR) is 88.7 cm³/mol. The molecule has 1 fully saturated rings. The van der Waals surface area contributed by atoms with Gasteiger partial charge >= 0.3 is 0 Å². The van der Waals surface area contributed by atoms with Crippen LogP contribution in [0, 0.1) is 0 Å². The molecule has 8 heteroatoms. The van der Waals surface area contributed by atoms with Crippen molar-refractivity contribution in [2.24, 2.45) is 0 Å². The molecule has 3 heterocycles. The first-order chi connectivity index (χ1) is 11.9. The third-order valence-electron chi connectivity index (χ3n) is 3.93. The minimum atomic E-state index is 0.551. The van der Waals surface area contributed by atoms with Crippen LogP contribution in [-0.2, 0) is 0 Å². The fourth-order valence-electron chi connectivity index (χ4n) is 2.55. The molecule has 118 valence electrons. The fraction of sp³-hybridized carbons (Fsp3) is 0.188. The lowest BCUT2D eigenvalue weighted by molar-refractivity contribution is 0.839. The molecule has 0 unspecified atom stereocenters. The number of nitrogens with zero attached hydrogens (tertiary/aromatic N) is 6. The maximum atomic E-state index is 4.58. The van der Waals surface area contributed by atoms with E-state index in [0.29, 0.717) is 16.9 Å². The van der Waals surface area contributed by atoms with Gasteiger partial charge in [0.15, 0.2) is 0 Å². The average Bonchev–Trinajstić information content (AvgIpc) is 3.17. The van der Waals surface area contributed by atoms with E-state index in [-0.39, 0.29) is 0 Å². The van der Waals surface area contributed by atoms with Crippen molar-refractivity contribution in [1.29, 1.82) is 0 Å². The van der Waals surface area contributed by atoms with Gasteiger partial charge in [0.25, 0.3) is 5.78 Å². The van der Waals surface area contributed by atoms with Crippen LogP contribution in [0.1, 0.15) is 24.6 Å². The zero-order valence-electron chi connectivity index (χ0n) is 12.6. The standard InChI is InChI=1S/C16H13N7S/c1-2-4-10(5-3-1)12-8-13(23-15(19-12)17-9-18-23)24-16-20-14(21-22-16)11-6-7-11/h1-5,8-9,11H,6-7H2,(H,20,21,22). The van der Waals surface area contributed by atoms with Gasteiger partial charge in [-0.25, -0.2) is 9.97 Å². The molecule has 3 aromatic heterocycles. The number of rotatable bonds is 4. The summed E-state index contributed by atoms with van der Waals surface area (Å²) in [5.74, 6) is 2.09. The lowest BCUT2D eigenvalue weighted by Gasteiger charge is -2.05. The van der Waals surface area contributed by atoms with Crippen LogP contribution in [0.4, 0.5) is 0 Å². The molecule has 1 aliphatic carbocycles. The number of aromatic amines is 1. The maximum Gasteiger partial charge on any atom is 0.253 e. The van der Waals surface area contributed by atoms with Crippen molar-refractivity contribution in [2.45, 2.75) is 28.9 Å². The minimum absolute atomic E-state index is 0.551. The van der Waals surface area contributed by atoms with Crippen molar-refractivity contribution in [3.63, 3.8) is 0 Å². The lowest BCUT2D eigenvalue weighted by atomic mass is 10.1. The van der Waals surface area contributed by atoms with Gasteiger partial charge in [-0.05, 0) is 30.7 Å². The van der Waals surface area contributed by atoms with Crippen molar-refractivity contribution in [2.75, 3.05) is 0 Å². The monoisotopic (exact) mass is 335 g/mol. The summed E-state index contributed by atoms with van der Waals surface area (Å²) in [5, 5.41) is 13.2. The largest absolute Gasteiger partial charge is 0.262 e. The summed E-state index contributed by atoms with van der Waals surface area (Å²) < 4.78 is 1.71. The predicted octanol–water partition coefficient (Wildman–Crippen LogP) is 2.94. The zero-order chi connectivity index (χ0) is 15.9. The first-order valence-electron chi connectivity index (χ1n) is 7.73. The van der Waals surface area contributed by atoms with E-state index < -0.39 is 0 Å². The van der Waals surface area contributed by atoms with Gasteiger partial charge in [-0.15, -0.1) is 5.10 Å². The van der Waals surface area contributed by atoms with Crippen LogP contribution in [0.5, 0.6) is 0 Å². The highest BCUT2D eigenvalue weighted by Gasteiger charge is 2.27. The molecule has 0 bridgehead atoms. The molecule has 1 aliphatic rings. The highest BCUT2D eigenvalue weighted by molar-refractivity contribution is 7.99. The van der Waals surface area contributed by atoms with E-state index in [0.717, 1.165) is 22.1 Å². The van der Waals surface area contributed by atoms with E-state index in [1.165, 1.54) is 30.9 Å². The molecule has 1 saturated carbocycles. The Hall–Kier alpha value is -2.74. The highest BCUT2D eigenvalue weighted by atomic mass is 32.2. The molecule has 0 saturated heterocycles. The first-order valence-corrected chi connectivity index (χ1v) is 8.55. The molecule has 24 heavy (non-hydrogen) atoms. The molecule has 7 nitrogen and oxygen atoms in total. The smallest absolute Gasteiger partial charge is 0.253 e. The Kier molecular flexibility index (Phi) is 3.08. The Morgan fingerprint density at radius 1 is 1.12 bits per heavy atom. The number of aromatic nitrogens is 7. The second-order valence-corrected chi connectivity index (χ2v) is 6.68. The molecular weight excluding hydrogens is 322 g/mol. The molecule has 1 N–H and O–H groups in total. The van der Waals surface area contributed by atoms with E-state index in [9.17, 15) is 0 Å². The Balaban J connectivity index is 1.56. The Morgan fingerprint density at radius 2 is 2.00 bits per heavy atom. The van der Waals surface area contributed by atoms with Crippen LogP contribution in [0.3, 0.4) is 0 Å². The van der Waals surface area contributed by atoms with E-state index >= 15 is 0 Å². The van der Waals surface area contributed by atoms with Crippen molar-refractivity contribution < 1.29 is 0 Å². The molecule has 1 aromatic carbocycles. The third-order valence-corrected chi connectivity index (χ3v) is 4.80. The SMILES string of the molecule is c1ccc(-c2cc(Sc3n[nH]c(C4CC4)n3)n3ncnc3n2)cc1. The number of nitrogens with one attached hydrogen (secondary N) is 1. The van der Waals surface area contributed by atoms with E-state index in [4.69, 9.17) is 0 Å². The fourth-order valence-corrected chi connectivity index (χ4v) is 3.36. The van der Waals surface area contributed by atoms with Gasteiger partial charge in [0.05, 0.1) is 5.69 Å². The summed E-state index contributed by atoms with van der Waals surface area (Å²) >= 11 is 1.46. The van der Waals surface area contributed by atoms with Crippen molar-refractivity contribution >= 4 is 17.5 Å². The molecular formula is C16H13N7S. The molecule has 5 rings (SSSR count). The van der Waals surface area contributed by atoms with Crippen LogP contribution in [0.2, 0.25) is 0 Å². The van der Waals surface area contributed by atoms with Gasteiger partial charge in [0, 0.05) is 11.5 Å². The van der Waals surface area contributed by atoms with Crippen LogP contribution in [0.15, 0.2) is 52.9 Å². The molecule has 4 aromatic rings. The summed E-state index contributed by atoms with van der Waals surface area (Å²) in [4.78, 5) is 13.4. The normalized spacial score (nSPS) is 14.3. The van der Waals surface area contributed by atoms with Gasteiger partial charge in [-0.2, -0.15) is 14.6 Å². The first kappa shape index (κ1) is 13.7. The number of hydrogen-bond acceptors (Lipinski definition) is 6. The Bertz CT molecular complexity index is 1000. The second kappa shape index (κ2) is 5.41. The van der Waals surface area contributed by atoms with Gasteiger partial charge in [-0.3, -0.25) is 5.10 Å². The van der Waals surface area contributed by atoms with Crippen LogP contribution in [-0.4, -0.2) is 34.8 Å². The maximum absolute atomic E-state index is 4.58. The Morgan fingerprint density at radius 3 is 2.83 bits per heavy atom. The second-order valence-electron chi connectivity index (χ2n) is 5.70. The summed E-state index contributed by atoms with van der Waals surface area (Å²) in [6.45, 7) is 0. The average molecular weight is 335 g/mol. The van der Waals surface area contributed by atoms with Crippen LogP contribution in [0.25, 0.3) is 17.0 Å². The van der Waals surface area contributed by atoms with Gasteiger partial charge in [0.1, 0.15) is 17.2 Å². The van der Waals surface area contributed by atoms with Crippen molar-refractivity contribution in [3.8, 4) is 11.3 Å². The number of H-pyrrole nitrogens is 1. The summed E-state index contributed by atoms with van der Waals surface area (Å²) in [6, 6.07) is 12.0. The third kappa shape index (κ3) is 2.44. The molecule has 0 spiro atoms. The van der Waals surface area contributed by atoms with Gasteiger partial charge < -0.3 is 0 Å². The number of fused-ring (bicyclic) bond motifs is 1. The number of benzene rings is 1. The summed E-state index contributed by atoms with van der Waals surface area (Å²) in [7, 11) is 0. The molecule has 0 radical (unpaired) electrons. The summed E-state index contributed by atoms with van der Waals surface area (Å²) in [6.07, 6.45) is 3.90. The topological polar surface area (TPSA) is 84.7 Å². The minimum Gasteiger partial charge on any atom is -0.262 e. The van der Waals surface area contributed by atoms with Crippen molar-refractivity contribution in [1.82, 2.24) is 34.8 Å². The van der Waals surface area contributed by atoms with E-state index in [2.05, 4.69) is 30.2 Å². The van der Waals surface area contributed by atoms with E-state index in [1.807, 2.05) is 36.4 Å². The quantitative estimate of drug-likeness (QED) is 0.577. The van der Waals surface area contributed by atoms with Crippen LogP contribution < -0.4 is 0 Å².